The van der Waals surface area contributed by atoms with Crippen LogP contribution in [0.2, 0.25) is 0 Å². The second-order valence-electron chi connectivity index (χ2n) is 6.36. The molecule has 0 aliphatic heterocycles. The number of nitriles is 2. The molecular formula is C20H4F4N6. The molecule has 1 aromatic heterocycles. The van der Waals surface area contributed by atoms with Crippen molar-refractivity contribution in [2.24, 2.45) is 9.98 Å². The monoisotopic (exact) mass is 404 g/mol. The van der Waals surface area contributed by atoms with Crippen LogP contribution in [0.4, 0.5) is 17.6 Å². The molecule has 0 saturated heterocycles. The lowest BCUT2D eigenvalue weighted by Gasteiger charge is -1.96. The van der Waals surface area contributed by atoms with Gasteiger partial charge in [-0.25, -0.2) is 27.5 Å². The van der Waals surface area contributed by atoms with Crippen molar-refractivity contribution >= 4 is 43.6 Å². The van der Waals surface area contributed by atoms with Crippen LogP contribution in [0.15, 0.2) is 34.3 Å². The van der Waals surface area contributed by atoms with Gasteiger partial charge in [-0.05, 0) is 12.1 Å². The maximum absolute atomic E-state index is 14.6. The maximum Gasteiger partial charge on any atom is 0.206 e. The number of hydrogen-bond acceptors (Lipinski definition) is 6. The first-order valence-corrected chi connectivity index (χ1v) is 8.30. The van der Waals surface area contributed by atoms with E-state index in [4.69, 9.17) is 10.5 Å². The van der Waals surface area contributed by atoms with Crippen molar-refractivity contribution in [2.45, 2.75) is 0 Å². The topological polar surface area (TPSA) is 98.1 Å². The van der Waals surface area contributed by atoms with Gasteiger partial charge in [0.1, 0.15) is 56.1 Å². The minimum Gasteiger partial charge on any atom is -0.241 e. The van der Waals surface area contributed by atoms with Gasteiger partial charge in [0, 0.05) is 33.7 Å². The van der Waals surface area contributed by atoms with Gasteiger partial charge in [0.2, 0.25) is 12.4 Å². The van der Waals surface area contributed by atoms with E-state index in [1.54, 1.807) is 12.4 Å². The number of halogens is 4. The normalized spacial score (nSPS) is 13.0. The van der Waals surface area contributed by atoms with E-state index in [9.17, 15) is 17.6 Å². The second kappa shape index (κ2) is 6.03. The summed E-state index contributed by atoms with van der Waals surface area (Å²) < 4.78 is 56.7. The Bertz CT molecular complexity index is 1630. The van der Waals surface area contributed by atoms with Gasteiger partial charge in [-0.15, -0.1) is 0 Å². The molecule has 0 atom stereocenters. The van der Waals surface area contributed by atoms with E-state index in [-0.39, 0.29) is 54.3 Å². The molecule has 4 aromatic carbocycles. The Labute approximate surface area is 163 Å². The SMILES string of the molecule is N#C/N=c1\c2cc(F)cc(F)c2c2nc3/c(=N/C#N)c4cc(F)cc(F)c4c3nc12. The number of aromatic nitrogens is 2. The van der Waals surface area contributed by atoms with Crippen molar-refractivity contribution in [1.29, 1.82) is 10.5 Å². The highest BCUT2D eigenvalue weighted by Gasteiger charge is 2.22. The Kier molecular flexibility index (Phi) is 3.54. The molecule has 0 radical (unpaired) electrons. The molecule has 30 heavy (non-hydrogen) atoms. The minimum absolute atomic E-state index is 0.0358. The smallest absolute Gasteiger partial charge is 0.206 e. The molecule has 0 saturated carbocycles. The largest absolute Gasteiger partial charge is 0.241 e. The van der Waals surface area contributed by atoms with E-state index in [0.29, 0.717) is 12.1 Å². The molecule has 6 nitrogen and oxygen atoms in total. The molecule has 5 aromatic rings. The van der Waals surface area contributed by atoms with Gasteiger partial charge in [-0.3, -0.25) is 0 Å². The van der Waals surface area contributed by atoms with Crippen molar-refractivity contribution < 1.29 is 17.6 Å². The van der Waals surface area contributed by atoms with E-state index in [1.807, 2.05) is 0 Å². The summed E-state index contributed by atoms with van der Waals surface area (Å²) in [5.41, 5.74) is -0.283. The van der Waals surface area contributed by atoms with Crippen LogP contribution in [0.25, 0.3) is 43.6 Å². The molecule has 1 heterocycles. The van der Waals surface area contributed by atoms with Crippen molar-refractivity contribution in [3.05, 3.63) is 58.2 Å². The van der Waals surface area contributed by atoms with Crippen molar-refractivity contribution in [1.82, 2.24) is 9.97 Å². The van der Waals surface area contributed by atoms with E-state index < -0.39 is 23.3 Å². The van der Waals surface area contributed by atoms with Gasteiger partial charge in [0.15, 0.2) is 0 Å². The second-order valence-corrected chi connectivity index (χ2v) is 6.36. The summed E-state index contributed by atoms with van der Waals surface area (Å²) in [6.07, 6.45) is 3.10. The van der Waals surface area contributed by atoms with Gasteiger partial charge < -0.3 is 0 Å². The first-order valence-electron chi connectivity index (χ1n) is 8.30. The van der Waals surface area contributed by atoms with Crippen molar-refractivity contribution in [2.75, 3.05) is 0 Å². The molecule has 5 rings (SSSR count). The highest BCUT2D eigenvalue weighted by Crippen LogP contribution is 2.30. The van der Waals surface area contributed by atoms with E-state index in [0.717, 1.165) is 12.1 Å². The summed E-state index contributed by atoms with van der Waals surface area (Å²) in [5.74, 6) is -3.71. The quantitative estimate of drug-likeness (QED) is 0.292. The predicted octanol–water partition coefficient (Wildman–Crippen LogP) is 3.28. The molecule has 0 amide bonds. The summed E-state index contributed by atoms with van der Waals surface area (Å²) in [6, 6.07) is 3.25. The Balaban J connectivity index is 2.17. The fraction of sp³-hybridized carbons (Fsp3) is 0. The van der Waals surface area contributed by atoms with Gasteiger partial charge in [0.05, 0.1) is 0 Å². The number of benzene rings is 2. The zero-order valence-electron chi connectivity index (χ0n) is 14.5. The average molecular weight is 404 g/mol. The van der Waals surface area contributed by atoms with Gasteiger partial charge in [0.25, 0.3) is 0 Å². The van der Waals surface area contributed by atoms with Crippen LogP contribution in [-0.4, -0.2) is 9.97 Å². The van der Waals surface area contributed by atoms with Crippen LogP contribution < -0.4 is 10.7 Å². The van der Waals surface area contributed by atoms with Crippen molar-refractivity contribution in [3.8, 4) is 12.4 Å². The lowest BCUT2D eigenvalue weighted by Crippen LogP contribution is -2.03. The number of nitrogens with zero attached hydrogens (tertiary/aromatic N) is 6. The third-order valence-electron chi connectivity index (χ3n) is 4.76. The van der Waals surface area contributed by atoms with Gasteiger partial charge in [-0.1, -0.05) is 0 Å². The molecule has 0 aliphatic rings. The van der Waals surface area contributed by atoms with Crippen LogP contribution >= 0.6 is 0 Å². The van der Waals surface area contributed by atoms with E-state index in [1.165, 1.54) is 0 Å². The molecule has 0 fully saturated rings. The van der Waals surface area contributed by atoms with Gasteiger partial charge in [-0.2, -0.15) is 20.5 Å². The van der Waals surface area contributed by atoms with Crippen LogP contribution in [-0.2, 0) is 0 Å². The zero-order valence-corrected chi connectivity index (χ0v) is 14.5. The molecule has 0 spiro atoms. The maximum atomic E-state index is 14.6. The third-order valence-corrected chi connectivity index (χ3v) is 4.76. The Morgan fingerprint density at radius 3 is 1.40 bits per heavy atom. The van der Waals surface area contributed by atoms with E-state index >= 15 is 0 Å². The minimum atomic E-state index is -0.963. The lowest BCUT2D eigenvalue weighted by atomic mass is 10.2. The number of rotatable bonds is 0. The molecule has 142 valence electrons. The Hall–Kier alpha value is -4.44. The first kappa shape index (κ1) is 17.6. The zero-order chi connectivity index (χ0) is 21.2. The van der Waals surface area contributed by atoms with Crippen LogP contribution in [0.1, 0.15) is 0 Å². The first-order chi connectivity index (χ1) is 14.4. The number of hydrogen-bond donors (Lipinski definition) is 0. The highest BCUT2D eigenvalue weighted by atomic mass is 19.1. The van der Waals surface area contributed by atoms with E-state index in [2.05, 4.69) is 20.0 Å². The molecule has 0 bridgehead atoms. The average Bonchev–Trinajstić information content (AvgIpc) is 3.14. The molecular weight excluding hydrogens is 400 g/mol. The predicted molar refractivity (Wildman–Crippen MR) is 96.6 cm³/mol. The molecule has 0 unspecified atom stereocenters. The van der Waals surface area contributed by atoms with Crippen LogP contribution in [0, 0.1) is 46.2 Å². The molecule has 0 N–H and O–H groups in total. The summed E-state index contributed by atoms with van der Waals surface area (Å²) >= 11 is 0. The molecule has 10 heteroatoms. The fourth-order valence-corrected chi connectivity index (χ4v) is 3.70. The summed E-state index contributed by atoms with van der Waals surface area (Å²) in [4.78, 5) is 15.8. The summed E-state index contributed by atoms with van der Waals surface area (Å²) in [7, 11) is 0. The number of fused-ring (bicyclic) bond motifs is 6. The summed E-state index contributed by atoms with van der Waals surface area (Å²) in [5, 5.41) is 17.4. The standard InChI is InChI=1S/C20H4F4N6/c21-7-1-9-13(11(23)3-7)17-19(15(9)27-5-25)30-18-14-10(2-8(22)4-12(14)24)16(28-6-26)20(18)29-17/h1-4H/b27-15+,28-16+. The van der Waals surface area contributed by atoms with Crippen molar-refractivity contribution in [3.63, 3.8) is 0 Å². The Morgan fingerprint density at radius 2 is 1.03 bits per heavy atom. The fourth-order valence-electron chi connectivity index (χ4n) is 3.70. The molecule has 0 aliphatic carbocycles. The Morgan fingerprint density at radius 1 is 0.633 bits per heavy atom. The third kappa shape index (κ3) is 2.22. The highest BCUT2D eigenvalue weighted by molar-refractivity contribution is 6.15. The van der Waals surface area contributed by atoms with Crippen LogP contribution in [0.5, 0.6) is 0 Å². The van der Waals surface area contributed by atoms with Gasteiger partial charge >= 0.3 is 0 Å². The lowest BCUT2D eigenvalue weighted by molar-refractivity contribution is 0.591. The van der Waals surface area contributed by atoms with Crippen LogP contribution in [0.3, 0.4) is 0 Å². The summed E-state index contributed by atoms with van der Waals surface area (Å²) in [6.45, 7) is 0.